The smallest absolute Gasteiger partial charge is 0.0386 e. The van der Waals surface area contributed by atoms with Crippen molar-refractivity contribution < 1.29 is 5.48 Å². The molecule has 25 valence electrons. The maximum atomic E-state index is 2.25. The third-order valence-electron chi connectivity index (χ3n) is 0.289. The Morgan fingerprint density at radius 3 is 1.50 bits per heavy atom. The summed E-state index contributed by atoms with van der Waals surface area (Å²) in [5.74, 6) is 0. The molecule has 0 aromatic rings. The van der Waals surface area contributed by atoms with E-state index >= 15 is 0 Å². The molecule has 2 N–H and O–H groups in total. The van der Waals surface area contributed by atoms with E-state index < -0.39 is 0 Å². The second-order valence-corrected chi connectivity index (χ2v) is 0.866. The Bertz CT molecular complexity index is 8.00. The highest BCUT2D eigenvalue weighted by atomic mass is 16.0. The van der Waals surface area contributed by atoms with Crippen molar-refractivity contribution in [2.45, 2.75) is 12.8 Å². The fourth-order valence-corrected chi connectivity index (χ4v) is 0. The van der Waals surface area contributed by atoms with Gasteiger partial charge in [-0.15, -0.1) is 0 Å². The van der Waals surface area contributed by atoms with Crippen molar-refractivity contribution in [2.75, 3.05) is 0 Å². The van der Waals surface area contributed by atoms with E-state index in [9.17, 15) is 0 Å². The van der Waals surface area contributed by atoms with Crippen LogP contribution in [0.15, 0.2) is 0 Å². The number of hydrogen-bond donors (Lipinski definition) is 0. The second-order valence-electron chi connectivity index (χ2n) is 0.866. The van der Waals surface area contributed by atoms with Gasteiger partial charge in [-0.05, 0) is 19.3 Å². The molecule has 0 bridgehead atoms. The van der Waals surface area contributed by atoms with Crippen LogP contribution < -0.4 is 0 Å². The van der Waals surface area contributed by atoms with Gasteiger partial charge < -0.3 is 5.48 Å². The van der Waals surface area contributed by atoms with Crippen LogP contribution in [-0.4, -0.2) is 5.48 Å². The van der Waals surface area contributed by atoms with E-state index in [-0.39, 0.29) is 5.48 Å². The first-order chi connectivity index (χ1) is 1.50. The Balaban J connectivity index is 0.0000000900. The van der Waals surface area contributed by atoms with Crippen LogP contribution in [0.5, 0.6) is 0 Å². The van der Waals surface area contributed by atoms with Gasteiger partial charge in [0.05, 0.1) is 0 Å². The maximum absolute atomic E-state index is 2.25. The van der Waals surface area contributed by atoms with Gasteiger partial charge in [0.1, 0.15) is 0 Å². The van der Waals surface area contributed by atoms with Crippen LogP contribution in [0.4, 0.5) is 0 Å². The summed E-state index contributed by atoms with van der Waals surface area (Å²) >= 11 is 0. The first kappa shape index (κ1) is 3.96. The quantitative estimate of drug-likeness (QED) is 0.380. The lowest BCUT2D eigenvalue weighted by atomic mass is 11.0. The zero-order valence-electron chi connectivity index (χ0n) is 2.49. The summed E-state index contributed by atoms with van der Waals surface area (Å²) in [5.41, 5.74) is 0. The van der Waals surface area contributed by atoms with E-state index in [4.69, 9.17) is 0 Å². The predicted octanol–water partition coefficient (Wildman–Crippen LogP) is 0.160. The monoisotopic (exact) mass is 59.0 g/mol. The van der Waals surface area contributed by atoms with Gasteiger partial charge in [-0.2, -0.15) is 0 Å². The molecule has 1 nitrogen and oxygen atoms in total. The van der Waals surface area contributed by atoms with Crippen molar-refractivity contribution in [1.29, 1.82) is 0 Å². The molecule has 1 aliphatic carbocycles. The van der Waals surface area contributed by atoms with Crippen molar-refractivity contribution in [3.05, 3.63) is 6.42 Å². The predicted molar refractivity (Wildman–Crippen MR) is 17.1 cm³/mol. The van der Waals surface area contributed by atoms with E-state index in [2.05, 4.69) is 6.42 Å². The minimum absolute atomic E-state index is 0. The van der Waals surface area contributed by atoms with Crippen LogP contribution in [0.3, 0.4) is 0 Å². The number of rotatable bonds is 0. The molecular weight excluding hydrogens is 52.0 g/mol. The summed E-state index contributed by atoms with van der Waals surface area (Å²) in [6.07, 6.45) is 5.00. The normalized spacial score (nSPS) is 18.0. The zero-order chi connectivity index (χ0) is 2.12. The highest BCUT2D eigenvalue weighted by Gasteiger charge is 1.95. The molecular formula is C3H7O. The van der Waals surface area contributed by atoms with E-state index in [1.807, 2.05) is 0 Å². The summed E-state index contributed by atoms with van der Waals surface area (Å²) in [5, 5.41) is 0. The van der Waals surface area contributed by atoms with Gasteiger partial charge in [0.25, 0.3) is 0 Å². The first-order valence-corrected chi connectivity index (χ1v) is 1.32. The molecule has 0 aromatic heterocycles. The lowest BCUT2D eigenvalue weighted by molar-refractivity contribution is 0.824. The lowest BCUT2D eigenvalue weighted by Crippen LogP contribution is -0.898. The Morgan fingerprint density at radius 2 is 1.50 bits per heavy atom. The average Bonchev–Trinajstić information content (AvgIpc) is 1.46. The highest BCUT2D eigenvalue weighted by molar-refractivity contribution is 4.79. The first-order valence-electron chi connectivity index (χ1n) is 1.32. The molecule has 1 rings (SSSR count). The molecule has 0 atom stereocenters. The molecule has 0 heterocycles. The van der Waals surface area contributed by atoms with Crippen LogP contribution in [0.25, 0.3) is 0 Å². The Hall–Kier alpha value is -0.0400. The number of hydrogen-bond acceptors (Lipinski definition) is 0. The third-order valence-corrected chi connectivity index (χ3v) is 0.289. The van der Waals surface area contributed by atoms with Gasteiger partial charge in [0, 0.05) is 0 Å². The van der Waals surface area contributed by atoms with Crippen molar-refractivity contribution in [3.63, 3.8) is 0 Å². The fourth-order valence-electron chi connectivity index (χ4n) is 0. The van der Waals surface area contributed by atoms with Gasteiger partial charge in [-0.1, -0.05) is 0 Å². The summed E-state index contributed by atoms with van der Waals surface area (Å²) in [4.78, 5) is 0. The molecule has 1 aliphatic rings. The Morgan fingerprint density at radius 1 is 1.25 bits per heavy atom. The van der Waals surface area contributed by atoms with E-state index in [1.165, 1.54) is 12.8 Å². The Kier molecular flexibility index (Phi) is 1.28. The minimum atomic E-state index is 0. The van der Waals surface area contributed by atoms with Gasteiger partial charge in [-0.25, -0.2) is 0 Å². The summed E-state index contributed by atoms with van der Waals surface area (Å²) in [7, 11) is 0. The average molecular weight is 59.1 g/mol. The summed E-state index contributed by atoms with van der Waals surface area (Å²) in [6.45, 7) is 0. The molecule has 4 heavy (non-hydrogen) atoms. The van der Waals surface area contributed by atoms with Crippen LogP contribution in [0, 0.1) is 6.42 Å². The Labute approximate surface area is 25.9 Å². The molecule has 0 aromatic carbocycles. The largest absolute Gasteiger partial charge is 0.412 e. The van der Waals surface area contributed by atoms with E-state index in [1.54, 1.807) is 0 Å². The molecule has 0 amide bonds. The van der Waals surface area contributed by atoms with Crippen molar-refractivity contribution in [2.24, 2.45) is 0 Å². The SMILES string of the molecule is O.[CH]1CC1. The van der Waals surface area contributed by atoms with Gasteiger partial charge in [0.15, 0.2) is 0 Å². The summed E-state index contributed by atoms with van der Waals surface area (Å²) < 4.78 is 0. The fraction of sp³-hybridized carbons (Fsp3) is 0.667. The van der Waals surface area contributed by atoms with Gasteiger partial charge >= 0.3 is 0 Å². The maximum Gasteiger partial charge on any atom is -0.0386 e. The highest BCUT2D eigenvalue weighted by Crippen LogP contribution is 2.12. The molecule has 1 saturated carbocycles. The molecule has 1 radical (unpaired) electrons. The van der Waals surface area contributed by atoms with Crippen molar-refractivity contribution in [1.82, 2.24) is 0 Å². The topological polar surface area (TPSA) is 31.5 Å². The van der Waals surface area contributed by atoms with Gasteiger partial charge in [0.2, 0.25) is 0 Å². The summed E-state index contributed by atoms with van der Waals surface area (Å²) in [6, 6.07) is 0. The van der Waals surface area contributed by atoms with Crippen molar-refractivity contribution in [3.8, 4) is 0 Å². The van der Waals surface area contributed by atoms with Crippen molar-refractivity contribution >= 4 is 0 Å². The second kappa shape index (κ2) is 1.30. The molecule has 0 spiro atoms. The van der Waals surface area contributed by atoms with Crippen LogP contribution in [0.2, 0.25) is 0 Å². The molecule has 0 unspecified atom stereocenters. The lowest BCUT2D eigenvalue weighted by Gasteiger charge is -1.05. The van der Waals surface area contributed by atoms with Crippen LogP contribution in [-0.2, 0) is 0 Å². The standard InChI is InChI=1S/C3H5.H2O/c1-2-3-1;/h1H,2-3H2;1H2. The van der Waals surface area contributed by atoms with E-state index in [0.717, 1.165) is 0 Å². The third kappa shape index (κ3) is 1.96. The van der Waals surface area contributed by atoms with Gasteiger partial charge in [-0.3, -0.25) is 0 Å². The molecule has 0 aliphatic heterocycles. The van der Waals surface area contributed by atoms with Crippen LogP contribution >= 0.6 is 0 Å². The van der Waals surface area contributed by atoms with Crippen LogP contribution in [0.1, 0.15) is 12.8 Å². The minimum Gasteiger partial charge on any atom is -0.412 e. The van der Waals surface area contributed by atoms with E-state index in [0.29, 0.717) is 0 Å². The molecule has 1 heteroatoms. The zero-order valence-corrected chi connectivity index (χ0v) is 2.49. The molecule has 1 fully saturated rings. The molecule has 0 saturated heterocycles.